The van der Waals surface area contributed by atoms with Crippen LogP contribution in [0, 0.1) is 0 Å². The summed E-state index contributed by atoms with van der Waals surface area (Å²) in [6.45, 7) is 2.29. The van der Waals surface area contributed by atoms with E-state index in [4.69, 9.17) is 34.4 Å². The number of primary amides is 4. The Morgan fingerprint density at radius 2 is 1.01 bits per heavy atom. The molecule has 48 heteroatoms. The number of likely N-dealkylation sites (N-methyl/N-ethyl adjacent to an activating group) is 1. The second-order valence-corrected chi connectivity index (χ2v) is 36.0. The van der Waals surface area contributed by atoms with Crippen LogP contribution in [0.15, 0.2) is 78.3 Å². The molecule has 0 aliphatic carbocycles. The van der Waals surface area contributed by atoms with Gasteiger partial charge in [0, 0.05) is 99.9 Å². The number of carboxylic acid groups (broad SMARTS) is 1. The van der Waals surface area contributed by atoms with Gasteiger partial charge in [-0.15, -0.1) is 0 Å². The topological polar surface area (TPSA) is 783 Å². The van der Waals surface area contributed by atoms with E-state index in [1.54, 1.807) is 36.5 Å². The molecule has 17 amide bonds. The third-order valence-corrected chi connectivity index (χ3v) is 24.1. The molecular formula is C91H144N24O23S. The van der Waals surface area contributed by atoms with Crippen molar-refractivity contribution in [3.63, 3.8) is 0 Å². The first-order valence-corrected chi connectivity index (χ1v) is 49.0. The minimum Gasteiger partial charge on any atom is -0.481 e. The fourth-order valence-corrected chi connectivity index (χ4v) is 15.9. The van der Waals surface area contributed by atoms with Gasteiger partial charge in [0.1, 0.15) is 66.5 Å². The fraction of sp³-hybridized carbons (Fsp3) is 0.604. The Morgan fingerprint density at radius 1 is 0.504 bits per heavy atom. The average molecular weight is 1970 g/mol. The number of rotatable bonds is 57. The molecule has 0 bridgehead atoms. The van der Waals surface area contributed by atoms with Gasteiger partial charge in [-0.25, -0.2) is 13.4 Å². The maximum absolute atomic E-state index is 14.4. The molecule has 1 aliphatic heterocycles. The highest BCUT2D eigenvalue weighted by atomic mass is 32.2. The smallest absolute Gasteiger partial charge is 0.303 e. The number of amides is 17. The molecule has 772 valence electrons. The Labute approximate surface area is 808 Å². The third-order valence-electron chi connectivity index (χ3n) is 22.7. The number of nitrogens with one attached hydrogen (secondary N) is 16. The van der Waals surface area contributed by atoms with E-state index >= 15 is 0 Å². The predicted molar refractivity (Wildman–Crippen MR) is 512 cm³/mol. The van der Waals surface area contributed by atoms with Crippen LogP contribution in [-0.4, -0.2) is 263 Å². The molecule has 139 heavy (non-hydrogen) atoms. The molecule has 47 nitrogen and oxygen atoms in total. The van der Waals surface area contributed by atoms with Crippen molar-refractivity contribution in [3.05, 3.63) is 90.1 Å². The molecule has 0 saturated carbocycles. The van der Waals surface area contributed by atoms with Gasteiger partial charge in [0.15, 0.2) is 5.96 Å². The molecule has 3 heterocycles. The number of nitrogens with zero attached hydrogens (tertiary/aromatic N) is 2. The highest BCUT2D eigenvalue weighted by molar-refractivity contribution is 7.90. The minimum absolute atomic E-state index is 0.00887. The number of aromatic nitrogens is 3. The van der Waals surface area contributed by atoms with E-state index < -0.39 is 234 Å². The first-order valence-electron chi connectivity index (χ1n) is 47.3. The molecule has 5 rings (SSSR count). The number of benzene rings is 2. The van der Waals surface area contributed by atoms with Gasteiger partial charge in [0.25, 0.3) is 0 Å². The number of imidazole rings is 1. The number of aliphatic imine (C=N–C) groups is 1. The number of carbonyl (C=O) groups excluding carboxylic acids is 17. The normalized spacial score (nSPS) is 17.8. The Hall–Kier alpha value is -13.3. The van der Waals surface area contributed by atoms with Crippen molar-refractivity contribution < 1.29 is 110 Å². The lowest BCUT2D eigenvalue weighted by atomic mass is 10.0. The van der Waals surface area contributed by atoms with Crippen molar-refractivity contribution in [2.45, 2.75) is 311 Å². The van der Waals surface area contributed by atoms with Crippen LogP contribution in [0.1, 0.15) is 236 Å². The SMILES string of the molecule is CCCCCCCCCCCCCCCC(=O)NS(=O)(=O)CCCC(=O)N[C@@H](CCC(=O)O)C(=O)N[C@@H](CO)C(=O)N[C@@H](CCC(N)=O)C(=O)N[C@@H](Cc1cnc[nH]1)C(=O)N[C@@H](CO)C(=O)N[C@@H](CCCC)C(N)=O.CN[C@H]1CCC(=O)NCCCC[C@@H](C(N)=O)NC(=O)[C@H](Cc2c[nH]c3ccccc23)NC(=O)[C@H](CCCN=C(N)N)NC(=O)[C@@H](Cc2ccccc2)NC(=O)[C@H](CCC(N)=O)NC1=O. The number of carboxylic acids is 1. The Morgan fingerprint density at radius 3 is 1.58 bits per heavy atom. The summed E-state index contributed by atoms with van der Waals surface area (Å²) in [6.07, 6.45) is 17.2. The maximum atomic E-state index is 14.4. The zero-order valence-electron chi connectivity index (χ0n) is 79.4. The average Bonchev–Trinajstić information content (AvgIpc) is 1.69. The molecule has 1 aliphatic rings. The van der Waals surface area contributed by atoms with Crippen LogP contribution in [0.4, 0.5) is 0 Å². The van der Waals surface area contributed by atoms with Crippen molar-refractivity contribution in [1.29, 1.82) is 0 Å². The number of H-pyrrole nitrogens is 2. The first kappa shape index (κ1) is 118. The van der Waals surface area contributed by atoms with Crippen molar-refractivity contribution in [3.8, 4) is 0 Å². The van der Waals surface area contributed by atoms with Gasteiger partial charge in [0.2, 0.25) is 110 Å². The van der Waals surface area contributed by atoms with Crippen LogP contribution in [0.2, 0.25) is 0 Å². The number of aliphatic carboxylic acids is 1. The molecule has 1 saturated heterocycles. The molecule has 1 fully saturated rings. The van der Waals surface area contributed by atoms with Crippen LogP contribution in [-0.2, 0) is 116 Å². The summed E-state index contributed by atoms with van der Waals surface area (Å²) < 4.78 is 27.2. The number of hydrogen-bond donors (Lipinski definition) is 25. The number of aromatic amines is 2. The van der Waals surface area contributed by atoms with E-state index in [9.17, 15) is 110 Å². The van der Waals surface area contributed by atoms with E-state index in [-0.39, 0.29) is 108 Å². The van der Waals surface area contributed by atoms with Crippen molar-refractivity contribution >= 4 is 133 Å². The quantitative estimate of drug-likeness (QED) is 0.0121. The molecule has 31 N–H and O–H groups in total. The summed E-state index contributed by atoms with van der Waals surface area (Å²) >= 11 is 0. The van der Waals surface area contributed by atoms with Gasteiger partial charge >= 0.3 is 5.97 Å². The molecule has 2 aromatic heterocycles. The number of hydrogen-bond acceptors (Lipinski definition) is 25. The van der Waals surface area contributed by atoms with E-state index in [1.807, 2.05) is 35.9 Å². The second kappa shape index (κ2) is 65.5. The number of nitrogens with two attached hydrogens (primary N) is 6. The third kappa shape index (κ3) is 48.1. The number of aliphatic hydroxyl groups is 2. The Balaban J connectivity index is 0.000000587. The van der Waals surface area contributed by atoms with E-state index in [0.29, 0.717) is 48.9 Å². The van der Waals surface area contributed by atoms with E-state index in [0.717, 1.165) is 36.6 Å². The molecule has 0 spiro atoms. The lowest BCUT2D eigenvalue weighted by Crippen LogP contribution is -2.61. The van der Waals surface area contributed by atoms with Gasteiger partial charge in [0.05, 0.1) is 31.3 Å². The predicted octanol–water partition coefficient (Wildman–Crippen LogP) is -2.79. The highest BCUT2D eigenvalue weighted by Crippen LogP contribution is 2.22. The van der Waals surface area contributed by atoms with Gasteiger partial charge in [-0.3, -0.25) is 96.0 Å². The maximum Gasteiger partial charge on any atom is 0.303 e. The zero-order valence-corrected chi connectivity index (χ0v) is 80.2. The molecule has 0 unspecified atom stereocenters. The fourth-order valence-electron chi connectivity index (χ4n) is 14.9. The van der Waals surface area contributed by atoms with Crippen LogP contribution in [0.5, 0.6) is 0 Å². The Bertz CT molecular complexity index is 4770. The van der Waals surface area contributed by atoms with Crippen LogP contribution in [0.3, 0.4) is 0 Å². The van der Waals surface area contributed by atoms with E-state index in [1.165, 1.54) is 70.9 Å². The summed E-state index contributed by atoms with van der Waals surface area (Å²) in [7, 11) is -2.62. The molecule has 4 aromatic rings. The van der Waals surface area contributed by atoms with Crippen LogP contribution in [0.25, 0.3) is 10.9 Å². The lowest BCUT2D eigenvalue weighted by molar-refractivity contribution is -0.138. The lowest BCUT2D eigenvalue weighted by Gasteiger charge is -2.27. The first-order chi connectivity index (χ1) is 66.3. The second-order valence-electron chi connectivity index (χ2n) is 34.1. The molecular weight excluding hydrogens is 1830 g/mol. The van der Waals surface area contributed by atoms with E-state index in [2.05, 4.69) is 96.0 Å². The summed E-state index contributed by atoms with van der Waals surface area (Å²) in [5.74, 6) is -16.6. The van der Waals surface area contributed by atoms with Crippen molar-refractivity contribution in [1.82, 2.24) is 88.8 Å². The number of sulfonamides is 1. The molecule has 12 atom stereocenters. The van der Waals surface area contributed by atoms with Gasteiger partial charge < -0.3 is 129 Å². The number of unbranched alkanes of at least 4 members (excludes halogenated alkanes) is 13. The summed E-state index contributed by atoms with van der Waals surface area (Å²) in [6, 6.07) is -0.766. The summed E-state index contributed by atoms with van der Waals surface area (Å²) in [5, 5.41) is 63.3. The molecule has 0 radical (unpaired) electrons. The number of para-hydroxylation sites is 1. The highest BCUT2D eigenvalue weighted by Gasteiger charge is 2.38. The van der Waals surface area contributed by atoms with Gasteiger partial charge in [-0.2, -0.15) is 0 Å². The number of aliphatic hydroxyl groups excluding tert-OH is 2. The standard InChI is InChI=1S/C48H83N11O15S.C43H61N13O8/c1-3-5-7-8-9-10-11-12-13-14-15-16-17-20-41(64)59-75(73,74)26-18-21-40(63)53-34(23-25-42(65)66)44(68)57-38(30-61)48(72)55-35(22-24-39(49)62)45(69)56-36(27-32-28-51-31-52-32)46(70)58-37(29-60)47(71)54-33(43(50)67)19-6-4-2;1-48-30-17-19-36(58)49-20-8-7-14-29(37(45)59)52-42(64)34(23-26-24-51-28-13-6-5-12-27(26)28)56-39(61)31(15-9-21-50-43(46)47)53-41(63)33(22-25-10-3-2-4-11-25)55-40(62)32(54-38(30)60)16-18-35(44)57/h28,31,33-38,60-61H,3-27,29-30H2,1-2H3,(H2,49,62)(H2,50,67)(H,51,52)(H,53,63)(H,54,71)(H,55,72)(H,56,69)(H,57,68)(H,58,70)(H,59,64)(H,65,66);2-6,10-13,24,29-34,48,51H,7-9,14-23H2,1H3,(H2,44,57)(H2,45,59)(H,49,58)(H,52,64)(H,53,63)(H,54,60)(H,55,62)(H,56,61)(H4,46,47,50)/t33-,34-,35-,36-,37-,38-;29-,30-,31-,32-,33+,34-/m00/s1. The van der Waals surface area contributed by atoms with Gasteiger partial charge in [-0.1, -0.05) is 152 Å². The largest absolute Gasteiger partial charge is 0.481 e. The number of carbonyl (C=O) groups is 18. The monoisotopic (exact) mass is 1970 g/mol. The van der Waals surface area contributed by atoms with Crippen molar-refractivity contribution in [2.24, 2.45) is 39.4 Å². The van der Waals surface area contributed by atoms with Crippen LogP contribution < -0.4 is 108 Å². The van der Waals surface area contributed by atoms with Crippen molar-refractivity contribution in [2.75, 3.05) is 39.1 Å². The minimum atomic E-state index is -4.13. The van der Waals surface area contributed by atoms with Crippen LogP contribution >= 0.6 is 0 Å². The number of guanidine groups is 1. The van der Waals surface area contributed by atoms with Gasteiger partial charge in [-0.05, 0) is 101 Å². The summed E-state index contributed by atoms with van der Waals surface area (Å²) in [5.41, 5.74) is 35.4. The zero-order chi connectivity index (χ0) is 103. The number of fused-ring (bicyclic) bond motifs is 1. The Kier molecular flexibility index (Phi) is 55.7. The summed E-state index contributed by atoms with van der Waals surface area (Å²) in [4.78, 5) is 250. The molecule has 2 aromatic carbocycles.